The second kappa shape index (κ2) is 13.5. The summed E-state index contributed by atoms with van der Waals surface area (Å²) in [5.74, 6) is 0.860. The van der Waals surface area contributed by atoms with E-state index in [1.807, 2.05) is 31.2 Å². The van der Waals surface area contributed by atoms with Crippen molar-refractivity contribution in [3.05, 3.63) is 51.5 Å². The van der Waals surface area contributed by atoms with E-state index in [2.05, 4.69) is 32.9 Å². The molecule has 2 N–H and O–H groups in total. The largest absolute Gasteiger partial charge is 0.357 e. The lowest BCUT2D eigenvalue weighted by molar-refractivity contribution is 0.0827. The van der Waals surface area contributed by atoms with Crippen LogP contribution in [0.15, 0.2) is 34.6 Å². The number of aryl methyl sites for hydroxylation is 2. The molecule has 0 fully saturated rings. The molecular weight excluding hydrogens is 497 g/mol. The van der Waals surface area contributed by atoms with Crippen LogP contribution in [0.5, 0.6) is 0 Å². The highest BCUT2D eigenvalue weighted by atomic mass is 127. The predicted octanol–water partition coefficient (Wildman–Crippen LogP) is 3.50. The molecule has 8 heteroatoms. The molecule has 0 radical (unpaired) electrons. The molecule has 29 heavy (non-hydrogen) atoms. The highest BCUT2D eigenvalue weighted by Crippen LogP contribution is 2.10. The van der Waals surface area contributed by atoms with Crippen LogP contribution < -0.4 is 10.6 Å². The average Bonchev–Trinajstić information content (AvgIpc) is 3.09. The van der Waals surface area contributed by atoms with Crippen molar-refractivity contribution < 1.29 is 4.79 Å². The van der Waals surface area contributed by atoms with E-state index in [1.54, 1.807) is 30.3 Å². The molecule has 0 spiro atoms. The Morgan fingerprint density at radius 1 is 1.24 bits per heavy atom. The number of rotatable bonds is 9. The van der Waals surface area contributed by atoms with Gasteiger partial charge in [-0.2, -0.15) is 0 Å². The lowest BCUT2D eigenvalue weighted by atomic mass is 10.1. The monoisotopic (exact) mass is 529 g/mol. The van der Waals surface area contributed by atoms with Crippen molar-refractivity contribution in [3.63, 3.8) is 0 Å². The molecule has 160 valence electrons. The summed E-state index contributed by atoms with van der Waals surface area (Å²) in [6.07, 6.45) is 2.78. The molecule has 0 aliphatic heterocycles. The number of guanidine groups is 1. The fraction of sp³-hybridized carbons (Fsp3) is 0.476. The molecule has 0 bridgehead atoms. The Balaban J connectivity index is 0.00000420. The van der Waals surface area contributed by atoms with Gasteiger partial charge in [0.2, 0.25) is 0 Å². The van der Waals surface area contributed by atoms with Crippen molar-refractivity contribution in [2.45, 2.75) is 33.1 Å². The van der Waals surface area contributed by atoms with E-state index >= 15 is 0 Å². The fourth-order valence-corrected chi connectivity index (χ4v) is 3.54. The summed E-state index contributed by atoms with van der Waals surface area (Å²) in [7, 11) is 3.54. The summed E-state index contributed by atoms with van der Waals surface area (Å²) in [6.45, 7) is 6.44. The number of aliphatic imine (C=N–C) groups is 1. The normalized spacial score (nSPS) is 11.0. The maximum atomic E-state index is 12.1. The number of amides is 1. The summed E-state index contributed by atoms with van der Waals surface area (Å²) in [5, 5.41) is 9.92. The van der Waals surface area contributed by atoms with Gasteiger partial charge in [-0.3, -0.25) is 9.79 Å². The van der Waals surface area contributed by atoms with E-state index in [4.69, 9.17) is 0 Å². The number of thiazole rings is 1. The van der Waals surface area contributed by atoms with Crippen LogP contribution in [0.2, 0.25) is 0 Å². The van der Waals surface area contributed by atoms with Crippen molar-refractivity contribution in [3.8, 4) is 0 Å². The van der Waals surface area contributed by atoms with Gasteiger partial charge < -0.3 is 15.5 Å². The standard InChI is InChI=1S/C21H31N5OS.HI/c1-5-22-21(23-12-7-10-19-25-16(2)15-28-19)24-13-11-17-8-6-9-18(14-17)20(27)26(3)4;/h6,8-9,14-15H,5,7,10-13H2,1-4H3,(H2,22,23,24);1H. The number of hydrogen-bond donors (Lipinski definition) is 2. The van der Waals surface area contributed by atoms with Gasteiger partial charge in [-0.15, -0.1) is 35.3 Å². The van der Waals surface area contributed by atoms with Gasteiger partial charge in [-0.25, -0.2) is 4.98 Å². The third kappa shape index (κ3) is 9.12. The van der Waals surface area contributed by atoms with E-state index in [9.17, 15) is 4.79 Å². The van der Waals surface area contributed by atoms with Crippen LogP contribution in [0.3, 0.4) is 0 Å². The van der Waals surface area contributed by atoms with Crippen molar-refractivity contribution in [1.82, 2.24) is 20.5 Å². The summed E-state index contributed by atoms with van der Waals surface area (Å²) < 4.78 is 0. The van der Waals surface area contributed by atoms with Gasteiger partial charge in [0.1, 0.15) is 0 Å². The number of halogens is 1. The second-order valence-electron chi connectivity index (χ2n) is 6.82. The van der Waals surface area contributed by atoms with Gasteiger partial charge in [0, 0.05) is 56.8 Å². The number of benzene rings is 1. The Labute approximate surface area is 195 Å². The van der Waals surface area contributed by atoms with Crippen molar-refractivity contribution in [2.24, 2.45) is 4.99 Å². The zero-order valence-electron chi connectivity index (χ0n) is 17.7. The maximum absolute atomic E-state index is 12.1. The Morgan fingerprint density at radius 3 is 2.69 bits per heavy atom. The molecular formula is C21H32IN5OS. The average molecular weight is 529 g/mol. The number of aromatic nitrogens is 1. The van der Waals surface area contributed by atoms with Gasteiger partial charge in [-0.05, 0) is 44.4 Å². The predicted molar refractivity (Wildman–Crippen MR) is 133 cm³/mol. The highest BCUT2D eigenvalue weighted by Gasteiger charge is 2.08. The molecule has 0 saturated carbocycles. The topological polar surface area (TPSA) is 69.6 Å². The zero-order chi connectivity index (χ0) is 20.4. The van der Waals surface area contributed by atoms with Gasteiger partial charge in [0.05, 0.1) is 5.01 Å². The molecule has 1 aromatic carbocycles. The summed E-state index contributed by atoms with van der Waals surface area (Å²) in [4.78, 5) is 22.8. The van der Waals surface area contributed by atoms with Gasteiger partial charge in [0.25, 0.3) is 5.91 Å². The van der Waals surface area contributed by atoms with Crippen LogP contribution in [0.4, 0.5) is 0 Å². The molecule has 6 nitrogen and oxygen atoms in total. The van der Waals surface area contributed by atoms with Gasteiger partial charge in [-0.1, -0.05) is 12.1 Å². The first kappa shape index (κ1) is 25.4. The third-order valence-corrected chi connectivity index (χ3v) is 5.14. The SMILES string of the molecule is CCNC(=NCCCc1nc(C)cs1)NCCc1cccc(C(=O)N(C)C)c1.I. The van der Waals surface area contributed by atoms with E-state index in [0.29, 0.717) is 0 Å². The molecule has 0 saturated heterocycles. The van der Waals surface area contributed by atoms with E-state index in [1.165, 1.54) is 5.01 Å². The summed E-state index contributed by atoms with van der Waals surface area (Å²) >= 11 is 1.72. The minimum absolute atomic E-state index is 0. The number of nitrogens with zero attached hydrogens (tertiary/aromatic N) is 3. The number of nitrogens with one attached hydrogen (secondary N) is 2. The maximum Gasteiger partial charge on any atom is 0.253 e. The first-order valence-electron chi connectivity index (χ1n) is 9.73. The second-order valence-corrected chi connectivity index (χ2v) is 7.77. The number of carbonyl (C=O) groups excluding carboxylic acids is 1. The lowest BCUT2D eigenvalue weighted by Crippen LogP contribution is -2.38. The van der Waals surface area contributed by atoms with Gasteiger partial charge >= 0.3 is 0 Å². The van der Waals surface area contributed by atoms with E-state index in [0.717, 1.165) is 61.7 Å². The van der Waals surface area contributed by atoms with Crippen LogP contribution in [0.1, 0.15) is 40.0 Å². The molecule has 2 aromatic rings. The minimum atomic E-state index is 0. The van der Waals surface area contributed by atoms with Crippen molar-refractivity contribution in [1.29, 1.82) is 0 Å². The molecule has 0 aliphatic rings. The first-order valence-corrected chi connectivity index (χ1v) is 10.6. The van der Waals surface area contributed by atoms with E-state index in [-0.39, 0.29) is 29.9 Å². The highest BCUT2D eigenvalue weighted by molar-refractivity contribution is 14.0. The number of hydrogen-bond acceptors (Lipinski definition) is 4. The smallest absolute Gasteiger partial charge is 0.253 e. The van der Waals surface area contributed by atoms with Crippen LogP contribution in [-0.2, 0) is 12.8 Å². The molecule has 2 rings (SSSR count). The molecule has 1 heterocycles. The zero-order valence-corrected chi connectivity index (χ0v) is 20.8. The molecule has 1 amide bonds. The fourth-order valence-electron chi connectivity index (χ4n) is 2.72. The lowest BCUT2D eigenvalue weighted by Gasteiger charge is -2.13. The van der Waals surface area contributed by atoms with Gasteiger partial charge in [0.15, 0.2) is 5.96 Å². The Bertz CT molecular complexity index is 791. The Kier molecular flexibility index (Phi) is 11.8. The molecule has 1 aromatic heterocycles. The Morgan fingerprint density at radius 2 is 2.03 bits per heavy atom. The van der Waals surface area contributed by atoms with Crippen LogP contribution in [0, 0.1) is 6.92 Å². The van der Waals surface area contributed by atoms with Crippen LogP contribution >= 0.6 is 35.3 Å². The van der Waals surface area contributed by atoms with Crippen molar-refractivity contribution >= 4 is 47.2 Å². The molecule has 0 unspecified atom stereocenters. The third-order valence-electron chi connectivity index (χ3n) is 4.12. The van der Waals surface area contributed by atoms with E-state index < -0.39 is 0 Å². The summed E-state index contributed by atoms with van der Waals surface area (Å²) in [6, 6.07) is 7.80. The summed E-state index contributed by atoms with van der Waals surface area (Å²) in [5.41, 5.74) is 2.95. The Hall–Kier alpha value is -1.68. The number of carbonyl (C=O) groups is 1. The van der Waals surface area contributed by atoms with Crippen LogP contribution in [-0.4, -0.2) is 55.5 Å². The minimum Gasteiger partial charge on any atom is -0.357 e. The van der Waals surface area contributed by atoms with Crippen LogP contribution in [0.25, 0.3) is 0 Å². The quantitative estimate of drug-likeness (QED) is 0.226. The first-order chi connectivity index (χ1) is 13.5. The molecule has 0 atom stereocenters. The molecule has 0 aliphatic carbocycles. The van der Waals surface area contributed by atoms with Crippen molar-refractivity contribution in [2.75, 3.05) is 33.7 Å².